The molecule has 5 aliphatic rings. The number of hydrogen-bond donors (Lipinski definition) is 4. The highest BCUT2D eigenvalue weighted by molar-refractivity contribution is 5.97. The van der Waals surface area contributed by atoms with Crippen molar-refractivity contribution in [2.45, 2.75) is 116 Å². The van der Waals surface area contributed by atoms with Crippen LogP contribution in [0.5, 0.6) is 0 Å². The van der Waals surface area contributed by atoms with E-state index in [2.05, 4.69) is 10.6 Å². The molecule has 1 aliphatic heterocycles. The van der Waals surface area contributed by atoms with Crippen LogP contribution in [0, 0.1) is 34.5 Å². The molecule has 2 aromatic rings. The molecular weight excluding hydrogens is 744 g/mol. The summed E-state index contributed by atoms with van der Waals surface area (Å²) < 4.78 is 25.1. The number of benzene rings is 2. The number of amides is 2. The van der Waals surface area contributed by atoms with Crippen molar-refractivity contribution in [2.24, 2.45) is 34.5 Å². The Labute approximate surface area is 339 Å². The van der Waals surface area contributed by atoms with Crippen LogP contribution in [0.15, 0.2) is 72.0 Å². The van der Waals surface area contributed by atoms with E-state index in [4.69, 9.17) is 18.9 Å². The number of ketones is 2. The molecule has 3 saturated carbocycles. The number of carbonyl (C=O) groups excluding carboxylic acids is 5. The molecular formula is C45H56N2O11. The number of esters is 2. The predicted molar refractivity (Wildman–Crippen MR) is 210 cm³/mol. The molecule has 11 atom stereocenters. The van der Waals surface area contributed by atoms with Gasteiger partial charge in [-0.15, -0.1) is 0 Å². The fourth-order valence-corrected chi connectivity index (χ4v) is 11.1. The first kappa shape index (κ1) is 41.7. The lowest BCUT2D eigenvalue weighted by Crippen LogP contribution is -2.78. The minimum atomic E-state index is -2.02. The van der Waals surface area contributed by atoms with E-state index in [9.17, 15) is 29.4 Å². The topological polar surface area (TPSA) is 187 Å². The van der Waals surface area contributed by atoms with E-state index in [1.165, 1.54) is 6.92 Å². The molecule has 6 unspecified atom stereocenters. The molecule has 58 heavy (non-hydrogen) atoms. The summed E-state index contributed by atoms with van der Waals surface area (Å²) in [4.78, 5) is 68.9. The number of fused-ring (bicyclic) bond motifs is 4. The molecule has 4 N–H and O–H groups in total. The highest BCUT2D eigenvalue weighted by Crippen LogP contribution is 2.77. The van der Waals surface area contributed by atoms with Gasteiger partial charge in [0, 0.05) is 47.1 Å². The second-order valence-electron chi connectivity index (χ2n) is 18.6. The van der Waals surface area contributed by atoms with Crippen LogP contribution < -0.4 is 10.6 Å². The fraction of sp³-hybridized carbons (Fsp3) is 0.578. The summed E-state index contributed by atoms with van der Waals surface area (Å²) in [5.74, 6) is -4.84. The van der Waals surface area contributed by atoms with E-state index in [-0.39, 0.29) is 42.8 Å². The summed E-state index contributed by atoms with van der Waals surface area (Å²) in [7, 11) is 0. The quantitative estimate of drug-likeness (QED) is 0.187. The summed E-state index contributed by atoms with van der Waals surface area (Å²) in [6.45, 7) is 13.3. The van der Waals surface area contributed by atoms with Crippen LogP contribution in [0.2, 0.25) is 0 Å². The Balaban J connectivity index is 1.31. The molecule has 2 bridgehead atoms. The summed E-state index contributed by atoms with van der Waals surface area (Å²) in [5, 5.41) is 31.7. The van der Waals surface area contributed by atoms with Gasteiger partial charge in [-0.05, 0) is 57.1 Å². The zero-order chi connectivity index (χ0) is 42.2. The van der Waals surface area contributed by atoms with Crippen LogP contribution in [-0.2, 0) is 33.3 Å². The van der Waals surface area contributed by atoms with E-state index < -0.39 is 94.1 Å². The van der Waals surface area contributed by atoms with Crippen molar-refractivity contribution in [2.75, 3.05) is 13.2 Å². The maximum Gasteiger partial charge on any atom is 0.315 e. The monoisotopic (exact) mass is 800 g/mol. The van der Waals surface area contributed by atoms with E-state index in [1.807, 2.05) is 33.8 Å². The largest absolute Gasteiger partial charge is 0.454 e. The number of Topliss-reactive ketones (excluding diaryl/α,β-unsaturated/α-hetero) is 2. The number of hydrogen-bond acceptors (Lipinski definition) is 11. The number of nitrogens with one attached hydrogen (secondary N) is 2. The maximum atomic E-state index is 15.2. The van der Waals surface area contributed by atoms with Gasteiger partial charge in [0.15, 0.2) is 17.2 Å². The Morgan fingerprint density at radius 2 is 1.66 bits per heavy atom. The Kier molecular flexibility index (Phi) is 10.6. The number of urea groups is 1. The van der Waals surface area contributed by atoms with Crippen LogP contribution in [0.25, 0.3) is 0 Å². The molecule has 1 heterocycles. The van der Waals surface area contributed by atoms with Crippen LogP contribution >= 0.6 is 0 Å². The Morgan fingerprint density at radius 3 is 2.24 bits per heavy atom. The standard InChI is InChI=1S/C45H56N2O11/c1-24-32(57-34(50)20-30(27-15-11-9-12-16-27)46-40(53)47-41(4,5)6)21-44(54)39(55-22-31(49)28-17-13-10-14-18-28)37-43(58-26(3)48)23-56-33(43)19-29-25(2)45(29,37)38(52)36(51)35(24)42(44,7)8/h9-18,25,29-30,33,35-37,39,51,54H,19-23H2,1-8H3,(H2,46,47,53)/t25?,29?,30-,33-,35?,36-,37?,39?,43+,44-,45?/m1/s1. The van der Waals surface area contributed by atoms with Gasteiger partial charge in [-0.3, -0.25) is 19.2 Å². The third-order valence-electron chi connectivity index (χ3n) is 13.9. The molecule has 312 valence electrons. The van der Waals surface area contributed by atoms with Crippen molar-refractivity contribution in [3.63, 3.8) is 0 Å². The van der Waals surface area contributed by atoms with Gasteiger partial charge in [0.05, 0.1) is 25.2 Å². The smallest absolute Gasteiger partial charge is 0.315 e. The predicted octanol–water partition coefficient (Wildman–Crippen LogP) is 4.99. The third kappa shape index (κ3) is 6.67. The molecule has 13 nitrogen and oxygen atoms in total. The lowest BCUT2D eigenvalue weighted by atomic mass is 9.47. The minimum absolute atomic E-state index is 0.0349. The SMILES string of the molecule is CC(=O)O[C@@]12CO[C@@H]1CC1C(C)C13C(=O)[C@H](O)C1C(C)=C(OC(=O)C[C@@H](NC(=O)NC(C)(C)C)c4ccccc4)C[C@@](O)(C(OCC(=O)c4ccccc4)C32)C1(C)C. The van der Waals surface area contributed by atoms with E-state index >= 15 is 4.79 Å². The molecule has 0 radical (unpaired) electrons. The molecule has 1 saturated heterocycles. The van der Waals surface area contributed by atoms with Crippen molar-refractivity contribution in [3.05, 3.63) is 83.1 Å². The zero-order valence-corrected chi connectivity index (χ0v) is 34.5. The molecule has 7 rings (SSSR count). The number of aliphatic hydroxyl groups excluding tert-OH is 1. The zero-order valence-electron chi connectivity index (χ0n) is 34.5. The lowest BCUT2D eigenvalue weighted by molar-refractivity contribution is -0.331. The van der Waals surface area contributed by atoms with E-state index in [0.717, 1.165) is 0 Å². The Hall–Kier alpha value is -4.43. The second kappa shape index (κ2) is 14.7. The van der Waals surface area contributed by atoms with E-state index in [0.29, 0.717) is 23.1 Å². The average Bonchev–Trinajstić information content (AvgIpc) is 3.74. The average molecular weight is 801 g/mol. The third-order valence-corrected chi connectivity index (χ3v) is 13.9. The van der Waals surface area contributed by atoms with Gasteiger partial charge in [-0.25, -0.2) is 4.79 Å². The van der Waals surface area contributed by atoms with Gasteiger partial charge in [0.2, 0.25) is 0 Å². The molecule has 1 spiro atoms. The van der Waals surface area contributed by atoms with Crippen LogP contribution in [0.1, 0.15) is 96.6 Å². The van der Waals surface area contributed by atoms with Crippen molar-refractivity contribution in [1.82, 2.24) is 10.6 Å². The Morgan fingerprint density at radius 1 is 1.02 bits per heavy atom. The fourth-order valence-electron chi connectivity index (χ4n) is 11.1. The van der Waals surface area contributed by atoms with Gasteiger partial charge in [-0.1, -0.05) is 81.4 Å². The van der Waals surface area contributed by atoms with Gasteiger partial charge < -0.3 is 39.8 Å². The molecule has 2 amide bonds. The van der Waals surface area contributed by atoms with E-state index in [1.54, 1.807) is 75.4 Å². The molecule has 0 aromatic heterocycles. The summed E-state index contributed by atoms with van der Waals surface area (Å²) in [5.41, 5.74) is -5.17. The second-order valence-corrected chi connectivity index (χ2v) is 18.6. The first-order chi connectivity index (χ1) is 27.2. The molecule has 2 aromatic carbocycles. The van der Waals surface area contributed by atoms with Crippen LogP contribution in [0.4, 0.5) is 4.79 Å². The molecule has 13 heteroatoms. The summed E-state index contributed by atoms with van der Waals surface area (Å²) in [6.07, 6.45) is -3.83. The molecule has 4 fully saturated rings. The number of ether oxygens (including phenoxy) is 4. The number of carbonyl (C=O) groups is 5. The highest BCUT2D eigenvalue weighted by Gasteiger charge is 2.86. The van der Waals surface area contributed by atoms with Gasteiger partial charge in [-0.2, -0.15) is 0 Å². The summed E-state index contributed by atoms with van der Waals surface area (Å²) in [6, 6.07) is 16.2. The van der Waals surface area contributed by atoms with Crippen LogP contribution in [0.3, 0.4) is 0 Å². The minimum Gasteiger partial charge on any atom is -0.454 e. The van der Waals surface area contributed by atoms with Crippen molar-refractivity contribution in [3.8, 4) is 0 Å². The van der Waals surface area contributed by atoms with Gasteiger partial charge in [0.25, 0.3) is 0 Å². The van der Waals surface area contributed by atoms with Gasteiger partial charge >= 0.3 is 18.0 Å². The van der Waals surface area contributed by atoms with Crippen LogP contribution in [-0.4, -0.2) is 88.0 Å². The van der Waals surface area contributed by atoms with Crippen molar-refractivity contribution in [1.29, 1.82) is 0 Å². The normalized spacial score (nSPS) is 35.0. The van der Waals surface area contributed by atoms with Crippen molar-refractivity contribution < 1.29 is 53.1 Å². The number of aliphatic hydroxyl groups is 2. The van der Waals surface area contributed by atoms with Crippen molar-refractivity contribution >= 4 is 29.5 Å². The highest BCUT2D eigenvalue weighted by atomic mass is 16.6. The van der Waals surface area contributed by atoms with Gasteiger partial charge in [0.1, 0.15) is 30.2 Å². The first-order valence-electron chi connectivity index (χ1n) is 20.2. The lowest BCUT2D eigenvalue weighted by Gasteiger charge is -2.65. The maximum absolute atomic E-state index is 15.2. The first-order valence-corrected chi connectivity index (χ1v) is 20.2. The Bertz CT molecular complexity index is 2010. The number of rotatable bonds is 10. The summed E-state index contributed by atoms with van der Waals surface area (Å²) >= 11 is 0. The molecule has 4 aliphatic carbocycles.